The highest BCUT2D eigenvalue weighted by atomic mass is 32.2. The zero-order chi connectivity index (χ0) is 8.44. The third-order valence-electron chi connectivity index (χ3n) is 2.53. The Morgan fingerprint density at radius 2 is 2.33 bits per heavy atom. The molecule has 1 spiro atoms. The van der Waals surface area contributed by atoms with E-state index in [0.29, 0.717) is 25.2 Å². The molecule has 0 aromatic heterocycles. The number of ether oxygens (including phenoxy) is 1. The highest BCUT2D eigenvalue weighted by Gasteiger charge is 2.38. The van der Waals surface area contributed by atoms with Crippen molar-refractivity contribution in [2.24, 2.45) is 0 Å². The molecular weight excluding hydrogens is 172 g/mol. The van der Waals surface area contributed by atoms with Gasteiger partial charge in [-0.3, -0.25) is 4.79 Å². The van der Waals surface area contributed by atoms with Gasteiger partial charge in [-0.05, 0) is 25.0 Å². The maximum absolute atomic E-state index is 11.2. The average Bonchev–Trinajstić information content (AvgIpc) is 2.05. The molecular formula is C9H14O2S. The van der Waals surface area contributed by atoms with Gasteiger partial charge in [0, 0.05) is 12.8 Å². The summed E-state index contributed by atoms with van der Waals surface area (Å²) in [4.78, 5) is 11.1. The van der Waals surface area contributed by atoms with Crippen molar-refractivity contribution in [3.63, 3.8) is 0 Å². The van der Waals surface area contributed by atoms with Crippen LogP contribution >= 0.6 is 11.8 Å². The van der Waals surface area contributed by atoms with Gasteiger partial charge in [0.1, 0.15) is 10.7 Å². The van der Waals surface area contributed by atoms with Crippen molar-refractivity contribution in [3.8, 4) is 0 Å². The van der Waals surface area contributed by atoms with E-state index in [-0.39, 0.29) is 4.93 Å². The predicted octanol–water partition coefficient (Wildman–Crippen LogP) is 1.98. The highest BCUT2D eigenvalue weighted by molar-refractivity contribution is 8.00. The maximum atomic E-state index is 11.2. The molecule has 0 bridgehead atoms. The Hall–Kier alpha value is -0.0200. The molecule has 2 heterocycles. The van der Waals surface area contributed by atoms with Gasteiger partial charge < -0.3 is 4.74 Å². The Morgan fingerprint density at radius 3 is 3.00 bits per heavy atom. The highest BCUT2D eigenvalue weighted by Crippen LogP contribution is 2.42. The minimum absolute atomic E-state index is 0.104. The van der Waals surface area contributed by atoms with Crippen LogP contribution in [0.3, 0.4) is 0 Å². The molecule has 0 amide bonds. The summed E-state index contributed by atoms with van der Waals surface area (Å²) < 4.78 is 5.72. The first-order valence-corrected chi connectivity index (χ1v) is 5.59. The summed E-state index contributed by atoms with van der Waals surface area (Å²) in [6.07, 6.45) is 4.85. The van der Waals surface area contributed by atoms with Gasteiger partial charge in [0.15, 0.2) is 0 Å². The van der Waals surface area contributed by atoms with Gasteiger partial charge in [0.2, 0.25) is 0 Å². The van der Waals surface area contributed by atoms with Gasteiger partial charge in [-0.1, -0.05) is 0 Å². The van der Waals surface area contributed by atoms with Crippen LogP contribution in [0.4, 0.5) is 0 Å². The molecule has 1 unspecified atom stereocenters. The molecule has 2 aliphatic heterocycles. The Labute approximate surface area is 77.0 Å². The molecule has 0 N–H and O–H groups in total. The second-order valence-electron chi connectivity index (χ2n) is 3.53. The zero-order valence-electron chi connectivity index (χ0n) is 7.17. The van der Waals surface area contributed by atoms with Crippen LogP contribution in [0.1, 0.15) is 32.1 Å². The average molecular weight is 186 g/mol. The van der Waals surface area contributed by atoms with Crippen LogP contribution in [-0.4, -0.2) is 23.1 Å². The second kappa shape index (κ2) is 3.38. The van der Waals surface area contributed by atoms with Gasteiger partial charge in [-0.25, -0.2) is 0 Å². The Balaban J connectivity index is 2.02. The standard InChI is InChI=1S/C9H14O2S/c10-8-3-5-11-9(7-8)4-1-2-6-12-9/h1-7H2. The molecule has 2 nitrogen and oxygen atoms in total. The quantitative estimate of drug-likeness (QED) is 0.578. The van der Waals surface area contributed by atoms with Crippen LogP contribution in [0, 0.1) is 0 Å². The molecule has 0 radical (unpaired) electrons. The van der Waals surface area contributed by atoms with Crippen LogP contribution in [0.15, 0.2) is 0 Å². The summed E-state index contributed by atoms with van der Waals surface area (Å²) in [7, 11) is 0. The van der Waals surface area contributed by atoms with Crippen LogP contribution in [-0.2, 0) is 9.53 Å². The number of carbonyl (C=O) groups is 1. The minimum Gasteiger partial charge on any atom is -0.363 e. The summed E-state index contributed by atoms with van der Waals surface area (Å²) in [5.41, 5.74) is 0. The number of hydrogen-bond acceptors (Lipinski definition) is 3. The molecule has 2 rings (SSSR count). The van der Waals surface area contributed by atoms with Crippen molar-refractivity contribution in [1.82, 2.24) is 0 Å². The zero-order valence-corrected chi connectivity index (χ0v) is 7.99. The molecule has 0 aliphatic carbocycles. The van der Waals surface area contributed by atoms with E-state index in [2.05, 4.69) is 0 Å². The van der Waals surface area contributed by atoms with Crippen molar-refractivity contribution in [2.45, 2.75) is 37.0 Å². The lowest BCUT2D eigenvalue weighted by molar-refractivity contribution is -0.131. The number of rotatable bonds is 0. The van der Waals surface area contributed by atoms with E-state index in [1.807, 2.05) is 11.8 Å². The lowest BCUT2D eigenvalue weighted by atomic mass is 10.0. The van der Waals surface area contributed by atoms with E-state index in [4.69, 9.17) is 4.74 Å². The van der Waals surface area contributed by atoms with Crippen LogP contribution in [0.25, 0.3) is 0 Å². The number of carbonyl (C=O) groups excluding carboxylic acids is 1. The first-order chi connectivity index (χ1) is 5.81. The largest absolute Gasteiger partial charge is 0.363 e. The van der Waals surface area contributed by atoms with Crippen molar-refractivity contribution in [2.75, 3.05) is 12.4 Å². The van der Waals surface area contributed by atoms with Crippen molar-refractivity contribution in [1.29, 1.82) is 0 Å². The smallest absolute Gasteiger partial charge is 0.138 e. The van der Waals surface area contributed by atoms with Gasteiger partial charge in [-0.2, -0.15) is 0 Å². The fourth-order valence-corrected chi connectivity index (χ4v) is 3.31. The Kier molecular flexibility index (Phi) is 2.42. The van der Waals surface area contributed by atoms with E-state index < -0.39 is 0 Å². The predicted molar refractivity (Wildman–Crippen MR) is 49.2 cm³/mol. The normalized spacial score (nSPS) is 37.2. The SMILES string of the molecule is O=C1CCOC2(CCCCS2)C1. The van der Waals surface area contributed by atoms with Gasteiger partial charge in [-0.15, -0.1) is 11.8 Å². The lowest BCUT2D eigenvalue weighted by Gasteiger charge is -2.38. The van der Waals surface area contributed by atoms with Crippen LogP contribution < -0.4 is 0 Å². The Bertz CT molecular complexity index is 179. The molecule has 2 aliphatic rings. The lowest BCUT2D eigenvalue weighted by Crippen LogP contribution is -2.39. The van der Waals surface area contributed by atoms with Crippen LogP contribution in [0.5, 0.6) is 0 Å². The van der Waals surface area contributed by atoms with E-state index >= 15 is 0 Å². The summed E-state index contributed by atoms with van der Waals surface area (Å²) in [5.74, 6) is 1.54. The summed E-state index contributed by atoms with van der Waals surface area (Å²) in [6.45, 7) is 0.645. The molecule has 0 aromatic carbocycles. The molecule has 1 atom stereocenters. The molecule has 3 heteroatoms. The van der Waals surface area contributed by atoms with E-state index in [1.165, 1.54) is 12.8 Å². The number of Topliss-reactive ketones (excluding diaryl/α,β-unsaturated/α-hetero) is 1. The monoisotopic (exact) mass is 186 g/mol. The van der Waals surface area contributed by atoms with E-state index in [0.717, 1.165) is 12.2 Å². The third-order valence-corrected chi connectivity index (χ3v) is 4.01. The van der Waals surface area contributed by atoms with Gasteiger partial charge in [0.25, 0.3) is 0 Å². The molecule has 0 aromatic rings. The maximum Gasteiger partial charge on any atom is 0.138 e. The molecule has 2 fully saturated rings. The summed E-state index contributed by atoms with van der Waals surface area (Å²) >= 11 is 1.85. The van der Waals surface area contributed by atoms with Crippen LogP contribution in [0.2, 0.25) is 0 Å². The van der Waals surface area contributed by atoms with Crippen molar-refractivity contribution < 1.29 is 9.53 Å². The third kappa shape index (κ3) is 1.67. The molecule has 12 heavy (non-hydrogen) atoms. The molecule has 0 saturated carbocycles. The molecule has 2 saturated heterocycles. The first kappa shape index (κ1) is 8.57. The minimum atomic E-state index is -0.104. The number of ketones is 1. The van der Waals surface area contributed by atoms with E-state index in [1.54, 1.807) is 0 Å². The summed E-state index contributed by atoms with van der Waals surface area (Å²) in [6, 6.07) is 0. The molecule has 68 valence electrons. The number of hydrogen-bond donors (Lipinski definition) is 0. The second-order valence-corrected chi connectivity index (χ2v) is 4.97. The fourth-order valence-electron chi connectivity index (χ4n) is 1.87. The first-order valence-electron chi connectivity index (χ1n) is 4.60. The van der Waals surface area contributed by atoms with E-state index in [9.17, 15) is 4.79 Å². The van der Waals surface area contributed by atoms with Crippen molar-refractivity contribution >= 4 is 17.5 Å². The fraction of sp³-hybridized carbons (Fsp3) is 0.889. The van der Waals surface area contributed by atoms with Gasteiger partial charge in [0.05, 0.1) is 6.61 Å². The van der Waals surface area contributed by atoms with Crippen molar-refractivity contribution in [3.05, 3.63) is 0 Å². The topological polar surface area (TPSA) is 26.3 Å². The summed E-state index contributed by atoms with van der Waals surface area (Å²) in [5, 5.41) is 0. The van der Waals surface area contributed by atoms with Gasteiger partial charge >= 0.3 is 0 Å². The Morgan fingerprint density at radius 1 is 1.42 bits per heavy atom. The number of thioether (sulfide) groups is 1.